The lowest BCUT2D eigenvalue weighted by molar-refractivity contribution is -0.117. The van der Waals surface area contributed by atoms with Crippen LogP contribution in [0.1, 0.15) is 24.8 Å². The number of piperidine rings is 1. The number of halogens is 2. The Hall–Kier alpha value is -0.810. The number of benzene rings is 1. The first kappa shape index (κ1) is 20.2. The Bertz CT molecular complexity index is 503. The van der Waals surface area contributed by atoms with Crippen molar-refractivity contribution in [3.63, 3.8) is 0 Å². The van der Waals surface area contributed by atoms with Gasteiger partial charge in [-0.3, -0.25) is 9.69 Å². The minimum Gasteiger partial charge on any atom is -0.325 e. The molecule has 1 fully saturated rings. The van der Waals surface area contributed by atoms with Crippen LogP contribution in [0.15, 0.2) is 18.2 Å². The van der Waals surface area contributed by atoms with Gasteiger partial charge < -0.3 is 10.6 Å². The average Bonchev–Trinajstić information content (AvgIpc) is 2.50. The normalized spacial score (nSPS) is 16.0. The van der Waals surface area contributed by atoms with Crippen molar-refractivity contribution < 1.29 is 4.79 Å². The van der Waals surface area contributed by atoms with Gasteiger partial charge in [-0.1, -0.05) is 17.7 Å². The molecule has 23 heavy (non-hydrogen) atoms. The third-order valence-electron chi connectivity index (χ3n) is 4.35. The molecule has 4 nitrogen and oxygen atoms in total. The van der Waals surface area contributed by atoms with Crippen LogP contribution < -0.4 is 10.6 Å². The fourth-order valence-electron chi connectivity index (χ4n) is 2.90. The molecular weight excluding hydrogens is 333 g/mol. The van der Waals surface area contributed by atoms with Crippen molar-refractivity contribution in [2.24, 2.45) is 5.92 Å². The summed E-state index contributed by atoms with van der Waals surface area (Å²) in [7, 11) is 2.00. The smallest absolute Gasteiger partial charge is 0.238 e. The van der Waals surface area contributed by atoms with Crippen molar-refractivity contribution in [3.8, 4) is 0 Å². The summed E-state index contributed by atoms with van der Waals surface area (Å²) in [5, 5.41) is 6.82. The highest BCUT2D eigenvalue weighted by molar-refractivity contribution is 6.31. The lowest BCUT2D eigenvalue weighted by Crippen LogP contribution is -2.39. The van der Waals surface area contributed by atoms with Crippen LogP contribution in [0.3, 0.4) is 0 Å². The van der Waals surface area contributed by atoms with E-state index in [0.717, 1.165) is 36.8 Å². The zero-order valence-corrected chi connectivity index (χ0v) is 15.5. The summed E-state index contributed by atoms with van der Waals surface area (Å²) in [6.45, 7) is 5.54. The highest BCUT2D eigenvalue weighted by Crippen LogP contribution is 2.21. The summed E-state index contributed by atoms with van der Waals surface area (Å²) in [6.07, 6.45) is 3.61. The van der Waals surface area contributed by atoms with Gasteiger partial charge in [0.15, 0.2) is 0 Å². The van der Waals surface area contributed by atoms with Gasteiger partial charge in [-0.2, -0.15) is 0 Å². The number of hydrogen-bond donors (Lipinski definition) is 2. The van der Waals surface area contributed by atoms with E-state index in [-0.39, 0.29) is 18.3 Å². The molecule has 0 radical (unpaired) electrons. The van der Waals surface area contributed by atoms with E-state index < -0.39 is 0 Å². The molecule has 2 N–H and O–H groups in total. The highest BCUT2D eigenvalue weighted by atomic mass is 35.5. The van der Waals surface area contributed by atoms with E-state index in [2.05, 4.69) is 15.5 Å². The number of amides is 1. The van der Waals surface area contributed by atoms with Gasteiger partial charge >= 0.3 is 0 Å². The molecule has 1 heterocycles. The van der Waals surface area contributed by atoms with Crippen LogP contribution in [0.2, 0.25) is 5.02 Å². The van der Waals surface area contributed by atoms with Gasteiger partial charge in [0, 0.05) is 10.7 Å². The zero-order chi connectivity index (χ0) is 15.9. The number of likely N-dealkylation sites (tertiary alicyclic amines) is 1. The van der Waals surface area contributed by atoms with Crippen LogP contribution in [0.25, 0.3) is 0 Å². The summed E-state index contributed by atoms with van der Waals surface area (Å²) in [5.41, 5.74) is 1.84. The van der Waals surface area contributed by atoms with E-state index in [0.29, 0.717) is 11.6 Å². The van der Waals surface area contributed by atoms with Gasteiger partial charge in [-0.25, -0.2) is 0 Å². The Morgan fingerprint density at radius 1 is 1.35 bits per heavy atom. The van der Waals surface area contributed by atoms with E-state index in [9.17, 15) is 4.79 Å². The predicted molar refractivity (Wildman–Crippen MR) is 99.8 cm³/mol. The first-order valence-corrected chi connectivity index (χ1v) is 8.39. The number of anilines is 1. The van der Waals surface area contributed by atoms with Crippen molar-refractivity contribution in [2.75, 3.05) is 38.5 Å². The number of rotatable bonds is 6. The molecule has 2 rings (SSSR count). The molecule has 6 heteroatoms. The largest absolute Gasteiger partial charge is 0.325 e. The second-order valence-electron chi connectivity index (χ2n) is 6.12. The van der Waals surface area contributed by atoms with Gasteiger partial charge in [0.2, 0.25) is 5.91 Å². The molecule has 0 unspecified atom stereocenters. The molecule has 130 valence electrons. The molecule has 0 aromatic heterocycles. The SMILES string of the molecule is CNCCC1CCN(CC(=O)Nc2cc(Cl)ccc2C)CC1.Cl. The summed E-state index contributed by atoms with van der Waals surface area (Å²) < 4.78 is 0. The van der Waals surface area contributed by atoms with Crippen LogP contribution in [0.4, 0.5) is 5.69 Å². The lowest BCUT2D eigenvalue weighted by Gasteiger charge is -2.31. The number of hydrogen-bond acceptors (Lipinski definition) is 3. The summed E-state index contributed by atoms with van der Waals surface area (Å²) >= 11 is 5.98. The molecule has 1 aromatic carbocycles. The topological polar surface area (TPSA) is 44.4 Å². The third kappa shape index (κ3) is 6.68. The van der Waals surface area contributed by atoms with Crippen LogP contribution in [0.5, 0.6) is 0 Å². The van der Waals surface area contributed by atoms with Crippen molar-refractivity contribution in [1.29, 1.82) is 0 Å². The molecule has 0 spiro atoms. The monoisotopic (exact) mass is 359 g/mol. The minimum atomic E-state index is 0. The number of carbonyl (C=O) groups excluding carboxylic acids is 1. The highest BCUT2D eigenvalue weighted by Gasteiger charge is 2.20. The molecule has 0 aliphatic carbocycles. The number of nitrogens with zero attached hydrogens (tertiary/aromatic N) is 1. The fourth-order valence-corrected chi connectivity index (χ4v) is 3.08. The van der Waals surface area contributed by atoms with E-state index in [1.807, 2.05) is 26.1 Å². The van der Waals surface area contributed by atoms with E-state index in [1.165, 1.54) is 19.3 Å². The maximum Gasteiger partial charge on any atom is 0.238 e. The van der Waals surface area contributed by atoms with Crippen LogP contribution >= 0.6 is 24.0 Å². The summed E-state index contributed by atoms with van der Waals surface area (Å²) in [4.78, 5) is 14.4. The maximum atomic E-state index is 12.2. The molecule has 1 aromatic rings. The maximum absolute atomic E-state index is 12.2. The zero-order valence-electron chi connectivity index (χ0n) is 13.9. The van der Waals surface area contributed by atoms with Crippen LogP contribution in [-0.4, -0.2) is 44.0 Å². The second kappa shape index (κ2) is 10.1. The molecule has 1 aliphatic rings. The first-order valence-electron chi connectivity index (χ1n) is 8.01. The second-order valence-corrected chi connectivity index (χ2v) is 6.56. The predicted octanol–water partition coefficient (Wildman–Crippen LogP) is 3.33. The van der Waals surface area contributed by atoms with Crippen LogP contribution in [0, 0.1) is 12.8 Å². The fraction of sp³-hybridized carbons (Fsp3) is 0.588. The number of carbonyl (C=O) groups is 1. The number of nitrogens with one attached hydrogen (secondary N) is 2. The molecule has 1 aliphatic heterocycles. The van der Waals surface area contributed by atoms with E-state index >= 15 is 0 Å². The Morgan fingerprint density at radius 2 is 2.04 bits per heavy atom. The Labute approximate surface area is 150 Å². The molecule has 0 atom stereocenters. The average molecular weight is 360 g/mol. The van der Waals surface area contributed by atoms with Crippen LogP contribution in [-0.2, 0) is 4.79 Å². The van der Waals surface area contributed by atoms with Crippen molar-refractivity contribution in [2.45, 2.75) is 26.2 Å². The van der Waals surface area contributed by atoms with Gasteiger partial charge in [0.25, 0.3) is 0 Å². The molecule has 1 saturated heterocycles. The first-order chi connectivity index (χ1) is 10.6. The number of aryl methyl sites for hydroxylation is 1. The quantitative estimate of drug-likeness (QED) is 0.818. The molecule has 1 amide bonds. The molecular formula is C17H27Cl2N3O. The molecule has 0 saturated carbocycles. The standard InChI is InChI=1S/C17H26ClN3O.ClH/c1-13-3-4-15(18)11-16(13)20-17(22)12-21-9-6-14(7-10-21)5-8-19-2;/h3-4,11,14,19H,5-10,12H2,1-2H3,(H,20,22);1H. The van der Waals surface area contributed by atoms with Gasteiger partial charge in [0.1, 0.15) is 0 Å². The van der Waals surface area contributed by atoms with E-state index in [4.69, 9.17) is 11.6 Å². The molecule has 0 bridgehead atoms. The van der Waals surface area contributed by atoms with Crippen molar-refractivity contribution >= 4 is 35.6 Å². The lowest BCUT2D eigenvalue weighted by atomic mass is 9.93. The van der Waals surface area contributed by atoms with Gasteiger partial charge in [-0.15, -0.1) is 12.4 Å². The van der Waals surface area contributed by atoms with Gasteiger partial charge in [0.05, 0.1) is 6.54 Å². The Balaban J connectivity index is 0.00000264. The summed E-state index contributed by atoms with van der Waals surface area (Å²) in [6, 6.07) is 5.56. The van der Waals surface area contributed by atoms with E-state index in [1.54, 1.807) is 6.07 Å². The van der Waals surface area contributed by atoms with Crippen molar-refractivity contribution in [1.82, 2.24) is 10.2 Å². The minimum absolute atomic E-state index is 0. The Morgan fingerprint density at radius 3 is 2.70 bits per heavy atom. The van der Waals surface area contributed by atoms with Crippen molar-refractivity contribution in [3.05, 3.63) is 28.8 Å². The van der Waals surface area contributed by atoms with Gasteiger partial charge in [-0.05, 0) is 76.5 Å². The summed E-state index contributed by atoms with van der Waals surface area (Å²) in [5.74, 6) is 0.834. The third-order valence-corrected chi connectivity index (χ3v) is 4.59. The Kier molecular flexibility index (Phi) is 8.92.